The van der Waals surface area contributed by atoms with Crippen LogP contribution >= 0.6 is 0 Å². The Morgan fingerprint density at radius 2 is 2.14 bits per heavy atom. The minimum absolute atomic E-state index is 0.100. The summed E-state index contributed by atoms with van der Waals surface area (Å²) in [6, 6.07) is 5.42. The molecule has 2 aromatic heterocycles. The molecular formula is C16H16N4O. The highest BCUT2D eigenvalue weighted by molar-refractivity contribution is 5.75. The molecule has 0 fully saturated rings. The molecule has 0 unspecified atom stereocenters. The molecule has 1 N–H and O–H groups in total. The van der Waals surface area contributed by atoms with Crippen LogP contribution in [0.4, 0.5) is 0 Å². The number of nitrogens with one attached hydrogen (secondary N) is 1. The lowest BCUT2D eigenvalue weighted by atomic mass is 9.99. The Balaban J connectivity index is 2.71. The number of pyridine rings is 2. The van der Waals surface area contributed by atoms with E-state index in [-0.39, 0.29) is 11.1 Å². The minimum atomic E-state index is -0.383. The zero-order chi connectivity index (χ0) is 15.4. The lowest BCUT2D eigenvalue weighted by Crippen LogP contribution is -2.12. The molecule has 0 aliphatic heterocycles. The van der Waals surface area contributed by atoms with Gasteiger partial charge in [-0.3, -0.25) is 9.78 Å². The summed E-state index contributed by atoms with van der Waals surface area (Å²) < 4.78 is 0. The van der Waals surface area contributed by atoms with Gasteiger partial charge in [0.15, 0.2) is 0 Å². The molecule has 0 aliphatic rings. The highest BCUT2D eigenvalue weighted by atomic mass is 16.1. The van der Waals surface area contributed by atoms with Crippen LogP contribution in [0.2, 0.25) is 0 Å². The van der Waals surface area contributed by atoms with Crippen LogP contribution in [0.3, 0.4) is 0 Å². The van der Waals surface area contributed by atoms with E-state index in [4.69, 9.17) is 5.26 Å². The molecule has 21 heavy (non-hydrogen) atoms. The number of hydrogen-bond acceptors (Lipinski definition) is 4. The Morgan fingerprint density at radius 1 is 1.38 bits per heavy atom. The van der Waals surface area contributed by atoms with Crippen LogP contribution in [0.15, 0.2) is 35.5 Å². The van der Waals surface area contributed by atoms with Crippen molar-refractivity contribution in [3.63, 3.8) is 0 Å². The standard InChI is InChI=1S/C16H16N4O/c1-11-10-18-6-4-13(11)14-8-12(9-17)16(21)19-15(14)5-7-20(2)3/h4-8,10H,1-3H3,(H,19,21). The zero-order valence-electron chi connectivity index (χ0n) is 12.2. The van der Waals surface area contributed by atoms with Gasteiger partial charge in [0, 0.05) is 38.3 Å². The van der Waals surface area contributed by atoms with Crippen molar-refractivity contribution in [3.05, 3.63) is 57.9 Å². The van der Waals surface area contributed by atoms with Crippen LogP contribution in [-0.4, -0.2) is 29.0 Å². The summed E-state index contributed by atoms with van der Waals surface area (Å²) in [7, 11) is 3.80. The molecule has 0 aliphatic carbocycles. The van der Waals surface area contributed by atoms with Crippen LogP contribution < -0.4 is 5.56 Å². The molecular weight excluding hydrogens is 264 g/mol. The second-order valence-electron chi connectivity index (χ2n) is 4.92. The molecule has 0 amide bonds. The van der Waals surface area contributed by atoms with Crippen LogP contribution in [0.1, 0.15) is 16.8 Å². The quantitative estimate of drug-likeness (QED) is 0.935. The van der Waals surface area contributed by atoms with Gasteiger partial charge in [-0.1, -0.05) is 0 Å². The highest BCUT2D eigenvalue weighted by Gasteiger charge is 2.10. The summed E-state index contributed by atoms with van der Waals surface area (Å²) in [5.74, 6) is 0. The van der Waals surface area contributed by atoms with E-state index < -0.39 is 0 Å². The van der Waals surface area contributed by atoms with E-state index in [9.17, 15) is 4.79 Å². The minimum Gasteiger partial charge on any atom is -0.383 e. The monoisotopic (exact) mass is 280 g/mol. The van der Waals surface area contributed by atoms with E-state index in [1.54, 1.807) is 18.5 Å². The lowest BCUT2D eigenvalue weighted by molar-refractivity contribution is 0.567. The van der Waals surface area contributed by atoms with Gasteiger partial charge in [-0.2, -0.15) is 5.26 Å². The summed E-state index contributed by atoms with van der Waals surface area (Å²) in [5, 5.41) is 9.06. The number of nitriles is 1. The first-order chi connectivity index (χ1) is 10.0. The van der Waals surface area contributed by atoms with Gasteiger partial charge in [0.25, 0.3) is 5.56 Å². The predicted molar refractivity (Wildman–Crippen MR) is 82.5 cm³/mol. The van der Waals surface area contributed by atoms with Gasteiger partial charge in [-0.15, -0.1) is 0 Å². The molecule has 2 rings (SSSR count). The van der Waals surface area contributed by atoms with Crippen LogP contribution in [0, 0.1) is 18.3 Å². The Morgan fingerprint density at radius 3 is 2.76 bits per heavy atom. The number of aryl methyl sites for hydroxylation is 1. The van der Waals surface area contributed by atoms with Crippen molar-refractivity contribution in [2.24, 2.45) is 0 Å². The van der Waals surface area contributed by atoms with Crippen molar-refractivity contribution < 1.29 is 0 Å². The zero-order valence-corrected chi connectivity index (χ0v) is 12.2. The molecule has 0 aromatic carbocycles. The summed E-state index contributed by atoms with van der Waals surface area (Å²) >= 11 is 0. The van der Waals surface area contributed by atoms with Crippen molar-refractivity contribution in [3.8, 4) is 17.2 Å². The number of aromatic nitrogens is 2. The number of nitrogens with zero attached hydrogens (tertiary/aromatic N) is 3. The third kappa shape index (κ3) is 3.18. The summed E-state index contributed by atoms with van der Waals surface area (Å²) in [6.07, 6.45) is 7.11. The van der Waals surface area contributed by atoms with Gasteiger partial charge in [0.1, 0.15) is 11.6 Å². The second-order valence-corrected chi connectivity index (χ2v) is 4.92. The first kappa shape index (κ1) is 14.5. The molecule has 0 spiro atoms. The molecule has 2 heterocycles. The SMILES string of the molecule is Cc1cnccc1-c1cc(C#N)c(=O)[nH]c1C=CN(C)C. The molecule has 0 saturated heterocycles. The van der Waals surface area contributed by atoms with E-state index in [1.807, 2.05) is 50.3 Å². The largest absolute Gasteiger partial charge is 0.383 e. The fraction of sp³-hybridized carbons (Fsp3) is 0.188. The molecule has 2 aromatic rings. The summed E-state index contributed by atoms with van der Waals surface area (Å²) in [5.41, 5.74) is 3.12. The number of hydrogen-bond donors (Lipinski definition) is 1. The maximum absolute atomic E-state index is 11.8. The molecule has 0 bridgehead atoms. The molecule has 0 atom stereocenters. The Kier molecular flexibility index (Phi) is 4.19. The van der Waals surface area contributed by atoms with E-state index >= 15 is 0 Å². The summed E-state index contributed by atoms with van der Waals surface area (Å²) in [6.45, 7) is 1.94. The predicted octanol–water partition coefficient (Wildman–Crippen LogP) is 2.15. The van der Waals surface area contributed by atoms with Gasteiger partial charge >= 0.3 is 0 Å². The van der Waals surface area contributed by atoms with Crippen molar-refractivity contribution in [1.82, 2.24) is 14.9 Å². The maximum atomic E-state index is 11.8. The Bertz CT molecular complexity index is 782. The fourth-order valence-corrected chi connectivity index (χ4v) is 1.98. The molecule has 5 heteroatoms. The average molecular weight is 280 g/mol. The Labute approximate surface area is 123 Å². The van der Waals surface area contributed by atoms with Crippen LogP contribution in [-0.2, 0) is 0 Å². The van der Waals surface area contributed by atoms with Crippen molar-refractivity contribution in [2.75, 3.05) is 14.1 Å². The van der Waals surface area contributed by atoms with Crippen molar-refractivity contribution in [2.45, 2.75) is 6.92 Å². The lowest BCUT2D eigenvalue weighted by Gasteiger charge is -2.10. The fourth-order valence-electron chi connectivity index (χ4n) is 1.98. The van der Waals surface area contributed by atoms with Gasteiger partial charge in [0.2, 0.25) is 0 Å². The van der Waals surface area contributed by atoms with E-state index in [0.717, 1.165) is 16.7 Å². The van der Waals surface area contributed by atoms with Gasteiger partial charge in [-0.05, 0) is 36.3 Å². The molecule has 5 nitrogen and oxygen atoms in total. The maximum Gasteiger partial charge on any atom is 0.266 e. The number of aromatic amines is 1. The Hall–Kier alpha value is -2.87. The van der Waals surface area contributed by atoms with Gasteiger partial charge in [-0.25, -0.2) is 0 Å². The molecule has 0 radical (unpaired) electrons. The van der Waals surface area contributed by atoms with E-state index in [1.165, 1.54) is 0 Å². The van der Waals surface area contributed by atoms with Crippen molar-refractivity contribution >= 4 is 6.08 Å². The van der Waals surface area contributed by atoms with Crippen LogP contribution in [0.5, 0.6) is 0 Å². The number of rotatable bonds is 3. The van der Waals surface area contributed by atoms with E-state index in [0.29, 0.717) is 5.69 Å². The van der Waals surface area contributed by atoms with Crippen molar-refractivity contribution in [1.29, 1.82) is 5.26 Å². The average Bonchev–Trinajstić information content (AvgIpc) is 2.46. The smallest absolute Gasteiger partial charge is 0.266 e. The second kappa shape index (κ2) is 6.06. The van der Waals surface area contributed by atoms with Gasteiger partial charge < -0.3 is 9.88 Å². The van der Waals surface area contributed by atoms with E-state index in [2.05, 4.69) is 9.97 Å². The normalized spacial score (nSPS) is 10.6. The third-order valence-corrected chi connectivity index (χ3v) is 3.04. The molecule has 0 saturated carbocycles. The number of H-pyrrole nitrogens is 1. The summed E-state index contributed by atoms with van der Waals surface area (Å²) in [4.78, 5) is 20.6. The first-order valence-corrected chi connectivity index (χ1v) is 6.46. The molecule has 106 valence electrons. The highest BCUT2D eigenvalue weighted by Crippen LogP contribution is 2.25. The topological polar surface area (TPSA) is 72.8 Å². The van der Waals surface area contributed by atoms with Crippen LogP contribution in [0.25, 0.3) is 17.2 Å². The van der Waals surface area contributed by atoms with Gasteiger partial charge in [0.05, 0.1) is 5.69 Å². The third-order valence-electron chi connectivity index (χ3n) is 3.04. The first-order valence-electron chi connectivity index (χ1n) is 6.46.